The first-order valence-electron chi connectivity index (χ1n) is 6.23. The highest BCUT2D eigenvalue weighted by atomic mass is 32.2. The Labute approximate surface area is 122 Å². The van der Waals surface area contributed by atoms with Crippen LogP contribution in [0.25, 0.3) is 0 Å². The van der Waals surface area contributed by atoms with Crippen molar-refractivity contribution in [1.29, 1.82) is 0 Å². The number of halogens is 3. The van der Waals surface area contributed by atoms with Crippen molar-refractivity contribution in [2.75, 3.05) is 31.9 Å². The van der Waals surface area contributed by atoms with Gasteiger partial charge in [-0.2, -0.15) is 25.9 Å². The van der Waals surface area contributed by atoms with Gasteiger partial charge >= 0.3 is 16.4 Å². The van der Waals surface area contributed by atoms with E-state index in [1.165, 1.54) is 7.05 Å². The average molecular weight is 325 g/mol. The molecule has 0 spiro atoms. The Kier molecular flexibility index (Phi) is 5.99. The maximum Gasteiger partial charge on any atom is 0.416 e. The molecule has 2 N–H and O–H groups in total. The number of rotatable bonds is 7. The summed E-state index contributed by atoms with van der Waals surface area (Å²) in [6.07, 6.45) is -3.82. The lowest BCUT2D eigenvalue weighted by Gasteiger charge is -2.18. The Morgan fingerprint density at radius 2 is 1.76 bits per heavy atom. The largest absolute Gasteiger partial charge is 0.416 e. The summed E-state index contributed by atoms with van der Waals surface area (Å²) >= 11 is 0. The third-order valence-electron chi connectivity index (χ3n) is 2.77. The third-order valence-corrected chi connectivity index (χ3v) is 4.27. The minimum absolute atomic E-state index is 0.0865. The number of nitrogens with zero attached hydrogens (tertiary/aromatic N) is 1. The minimum atomic E-state index is -4.44. The normalized spacial score (nSPS) is 12.7. The molecule has 0 atom stereocenters. The van der Waals surface area contributed by atoms with E-state index in [2.05, 4.69) is 10.0 Å². The molecule has 5 nitrogen and oxygen atoms in total. The van der Waals surface area contributed by atoms with Crippen LogP contribution in [-0.4, -0.2) is 39.9 Å². The zero-order chi connectivity index (χ0) is 16.1. The van der Waals surface area contributed by atoms with Gasteiger partial charge in [0.2, 0.25) is 0 Å². The first-order valence-corrected chi connectivity index (χ1v) is 7.67. The molecule has 21 heavy (non-hydrogen) atoms. The maximum atomic E-state index is 12.4. The monoisotopic (exact) mass is 325 g/mol. The van der Waals surface area contributed by atoms with Gasteiger partial charge in [0.1, 0.15) is 0 Å². The van der Waals surface area contributed by atoms with Crippen molar-refractivity contribution in [1.82, 2.24) is 9.62 Å². The fraction of sp³-hybridized carbons (Fsp3) is 0.500. The van der Waals surface area contributed by atoms with Crippen molar-refractivity contribution in [3.8, 4) is 0 Å². The zero-order valence-electron chi connectivity index (χ0n) is 11.7. The molecule has 1 aromatic carbocycles. The molecule has 1 aromatic rings. The van der Waals surface area contributed by atoms with Crippen LogP contribution in [0.5, 0.6) is 0 Å². The molecule has 0 amide bonds. The van der Waals surface area contributed by atoms with Crippen LogP contribution in [0.1, 0.15) is 12.0 Å². The summed E-state index contributed by atoms with van der Waals surface area (Å²) in [6.45, 7) is 0.969. The van der Waals surface area contributed by atoms with E-state index >= 15 is 0 Å². The second-order valence-electron chi connectivity index (χ2n) is 4.46. The Balaban J connectivity index is 2.71. The van der Waals surface area contributed by atoms with Crippen LogP contribution in [0.2, 0.25) is 0 Å². The van der Waals surface area contributed by atoms with E-state index in [4.69, 9.17) is 0 Å². The molecule has 0 bridgehead atoms. The lowest BCUT2D eigenvalue weighted by molar-refractivity contribution is -0.137. The molecule has 120 valence electrons. The van der Waals surface area contributed by atoms with Gasteiger partial charge in [0.05, 0.1) is 5.56 Å². The first-order chi connectivity index (χ1) is 9.66. The fourth-order valence-corrected chi connectivity index (χ4v) is 2.51. The van der Waals surface area contributed by atoms with Crippen LogP contribution in [0.15, 0.2) is 24.3 Å². The summed E-state index contributed by atoms with van der Waals surface area (Å²) < 4.78 is 64.5. The number of alkyl halides is 3. The molecule has 0 aliphatic carbocycles. The van der Waals surface area contributed by atoms with Crippen molar-refractivity contribution in [3.05, 3.63) is 29.8 Å². The number of nitrogens with one attached hydrogen (secondary N) is 2. The summed E-state index contributed by atoms with van der Waals surface area (Å²) in [7, 11) is -0.604. The molecule has 0 aliphatic rings. The molecule has 0 heterocycles. The lowest BCUT2D eigenvalue weighted by Crippen LogP contribution is -2.34. The topological polar surface area (TPSA) is 61.4 Å². The molecule has 0 aliphatic heterocycles. The van der Waals surface area contributed by atoms with Crippen LogP contribution < -0.4 is 10.0 Å². The Morgan fingerprint density at radius 1 is 1.19 bits per heavy atom. The Morgan fingerprint density at radius 3 is 2.24 bits per heavy atom. The highest BCUT2D eigenvalue weighted by molar-refractivity contribution is 7.90. The molecule has 9 heteroatoms. The van der Waals surface area contributed by atoms with Crippen molar-refractivity contribution in [2.24, 2.45) is 0 Å². The third kappa shape index (κ3) is 5.52. The van der Waals surface area contributed by atoms with Gasteiger partial charge < -0.3 is 5.32 Å². The standard InChI is InChI=1S/C12H18F3N3O2S/c1-16-8-3-9-18(2)21(19,20)17-11-6-4-10(5-7-11)12(13,14)15/h4-7,16-17H,3,8-9H2,1-2H3. The van der Waals surface area contributed by atoms with Gasteiger partial charge in [-0.3, -0.25) is 4.72 Å². The smallest absolute Gasteiger partial charge is 0.320 e. The number of hydrogen-bond acceptors (Lipinski definition) is 3. The molecule has 1 rings (SSSR count). The SMILES string of the molecule is CNCCCN(C)S(=O)(=O)Nc1ccc(C(F)(F)F)cc1. The molecular weight excluding hydrogens is 307 g/mol. The maximum absolute atomic E-state index is 12.4. The van der Waals surface area contributed by atoms with Gasteiger partial charge in [-0.25, -0.2) is 0 Å². The Hall–Kier alpha value is -1.32. The number of benzene rings is 1. The van der Waals surface area contributed by atoms with Crippen LogP contribution in [0, 0.1) is 0 Å². The molecule has 0 unspecified atom stereocenters. The highest BCUT2D eigenvalue weighted by Gasteiger charge is 2.30. The van der Waals surface area contributed by atoms with Crippen LogP contribution in [0.4, 0.5) is 18.9 Å². The first kappa shape index (κ1) is 17.7. The summed E-state index contributed by atoms with van der Waals surface area (Å²) in [5.41, 5.74) is -0.740. The summed E-state index contributed by atoms with van der Waals surface area (Å²) in [6, 6.07) is 3.83. The quantitative estimate of drug-likeness (QED) is 0.753. The van der Waals surface area contributed by atoms with E-state index in [0.29, 0.717) is 19.5 Å². The number of anilines is 1. The summed E-state index contributed by atoms with van der Waals surface area (Å²) in [4.78, 5) is 0. The Bertz CT molecular complexity index is 544. The second kappa shape index (κ2) is 7.10. The minimum Gasteiger partial charge on any atom is -0.320 e. The lowest BCUT2D eigenvalue weighted by atomic mass is 10.2. The van der Waals surface area contributed by atoms with Gasteiger partial charge in [-0.05, 0) is 44.3 Å². The fourth-order valence-electron chi connectivity index (χ4n) is 1.55. The zero-order valence-corrected chi connectivity index (χ0v) is 12.6. The molecular formula is C12H18F3N3O2S. The van der Waals surface area contributed by atoms with Gasteiger partial charge in [-0.1, -0.05) is 0 Å². The summed E-state index contributed by atoms with van der Waals surface area (Å²) in [5.74, 6) is 0. The van der Waals surface area contributed by atoms with Crippen molar-refractivity contribution < 1.29 is 21.6 Å². The van der Waals surface area contributed by atoms with Crippen molar-refractivity contribution in [2.45, 2.75) is 12.6 Å². The molecule has 0 radical (unpaired) electrons. The van der Waals surface area contributed by atoms with E-state index in [9.17, 15) is 21.6 Å². The molecule has 0 saturated heterocycles. The van der Waals surface area contributed by atoms with Crippen LogP contribution in [0.3, 0.4) is 0 Å². The number of hydrogen-bond donors (Lipinski definition) is 2. The van der Waals surface area contributed by atoms with Gasteiger partial charge in [-0.15, -0.1) is 0 Å². The molecule has 0 aromatic heterocycles. The molecule has 0 fully saturated rings. The van der Waals surface area contributed by atoms with Crippen molar-refractivity contribution >= 4 is 15.9 Å². The van der Waals surface area contributed by atoms with Gasteiger partial charge in [0.25, 0.3) is 0 Å². The van der Waals surface area contributed by atoms with Crippen LogP contribution in [-0.2, 0) is 16.4 Å². The van der Waals surface area contributed by atoms with E-state index < -0.39 is 21.9 Å². The van der Waals surface area contributed by atoms with Crippen molar-refractivity contribution in [3.63, 3.8) is 0 Å². The average Bonchev–Trinajstić information content (AvgIpc) is 2.38. The van der Waals surface area contributed by atoms with Gasteiger partial charge in [0.15, 0.2) is 0 Å². The molecule has 0 saturated carbocycles. The highest BCUT2D eigenvalue weighted by Crippen LogP contribution is 2.29. The van der Waals surface area contributed by atoms with E-state index in [-0.39, 0.29) is 5.69 Å². The van der Waals surface area contributed by atoms with E-state index in [1.54, 1.807) is 7.05 Å². The van der Waals surface area contributed by atoms with E-state index in [0.717, 1.165) is 28.6 Å². The van der Waals surface area contributed by atoms with Gasteiger partial charge in [0, 0.05) is 19.3 Å². The van der Waals surface area contributed by atoms with E-state index in [1.807, 2.05) is 0 Å². The summed E-state index contributed by atoms with van der Waals surface area (Å²) in [5, 5.41) is 2.90. The van der Waals surface area contributed by atoms with Crippen LogP contribution >= 0.6 is 0 Å². The predicted molar refractivity (Wildman–Crippen MR) is 75.2 cm³/mol. The second-order valence-corrected chi connectivity index (χ2v) is 6.24. The predicted octanol–water partition coefficient (Wildman–Crippen LogP) is 1.90.